The number of piperidine rings is 1. The fourth-order valence-electron chi connectivity index (χ4n) is 5.28. The number of hydrogen-bond donors (Lipinski definition) is 1. The van der Waals surface area contributed by atoms with Gasteiger partial charge in [0.1, 0.15) is 0 Å². The SMILES string of the molecule is O=C(NCCCn1ccnc1)C1CC12CCN(C(=O)c1scc3c1CCCC3)CC2. The van der Waals surface area contributed by atoms with Crippen LogP contribution in [0.5, 0.6) is 0 Å². The van der Waals surface area contributed by atoms with Crippen molar-refractivity contribution in [1.82, 2.24) is 19.8 Å². The number of nitrogens with one attached hydrogen (secondary N) is 1. The van der Waals surface area contributed by atoms with E-state index in [0.717, 1.165) is 63.0 Å². The molecule has 1 unspecified atom stereocenters. The number of hydrogen-bond acceptors (Lipinski definition) is 4. The lowest BCUT2D eigenvalue weighted by molar-refractivity contribution is -0.123. The third-order valence-corrected chi connectivity index (χ3v) is 8.36. The van der Waals surface area contributed by atoms with Gasteiger partial charge in [0, 0.05) is 44.5 Å². The van der Waals surface area contributed by atoms with Crippen LogP contribution >= 0.6 is 11.3 Å². The summed E-state index contributed by atoms with van der Waals surface area (Å²) in [6, 6.07) is 0. The van der Waals surface area contributed by atoms with E-state index in [1.807, 2.05) is 15.7 Å². The van der Waals surface area contributed by atoms with E-state index >= 15 is 0 Å². The van der Waals surface area contributed by atoms with Crippen molar-refractivity contribution in [3.8, 4) is 0 Å². The molecule has 2 aromatic rings. The Labute approximate surface area is 181 Å². The number of aromatic nitrogens is 2. The number of aryl methyl sites for hydroxylation is 2. The van der Waals surface area contributed by atoms with Gasteiger partial charge in [-0.1, -0.05) is 0 Å². The largest absolute Gasteiger partial charge is 0.356 e. The second kappa shape index (κ2) is 8.17. The molecule has 1 aliphatic heterocycles. The van der Waals surface area contributed by atoms with E-state index in [-0.39, 0.29) is 23.1 Å². The van der Waals surface area contributed by atoms with Crippen LogP contribution in [-0.4, -0.2) is 45.9 Å². The summed E-state index contributed by atoms with van der Waals surface area (Å²) in [6.07, 6.45) is 14.0. The van der Waals surface area contributed by atoms with Gasteiger partial charge < -0.3 is 14.8 Å². The molecule has 1 saturated heterocycles. The number of thiophene rings is 1. The van der Waals surface area contributed by atoms with Crippen LogP contribution in [0.15, 0.2) is 24.1 Å². The molecule has 2 amide bonds. The molecule has 5 rings (SSSR count). The monoisotopic (exact) mass is 426 g/mol. The molecule has 2 aromatic heterocycles. The van der Waals surface area contributed by atoms with Crippen LogP contribution in [-0.2, 0) is 24.2 Å². The van der Waals surface area contributed by atoms with E-state index < -0.39 is 0 Å². The standard InChI is InChI=1S/C23H30N4O2S/c28-21(25-8-3-10-26-13-9-24-16-26)19-14-23(19)6-11-27(12-7-23)22(29)20-18-5-2-1-4-17(18)15-30-20/h9,13,15-16,19H,1-8,10-12,14H2,(H,25,28). The first-order valence-electron chi connectivity index (χ1n) is 11.3. The van der Waals surface area contributed by atoms with Gasteiger partial charge in [0.15, 0.2) is 0 Å². The average Bonchev–Trinajstić information content (AvgIpc) is 3.14. The molecule has 1 spiro atoms. The molecule has 160 valence electrons. The van der Waals surface area contributed by atoms with Gasteiger partial charge in [0.25, 0.3) is 5.91 Å². The zero-order valence-corrected chi connectivity index (χ0v) is 18.3. The number of amides is 2. The Bertz CT molecular complexity index is 912. The zero-order valence-electron chi connectivity index (χ0n) is 17.4. The van der Waals surface area contributed by atoms with E-state index in [0.29, 0.717) is 6.54 Å². The highest BCUT2D eigenvalue weighted by Gasteiger charge is 2.58. The number of nitrogens with zero attached hydrogens (tertiary/aromatic N) is 3. The van der Waals surface area contributed by atoms with E-state index in [4.69, 9.17) is 0 Å². The van der Waals surface area contributed by atoms with Gasteiger partial charge in [-0.25, -0.2) is 4.98 Å². The minimum atomic E-state index is 0.137. The van der Waals surface area contributed by atoms with Gasteiger partial charge in [-0.05, 0) is 73.3 Å². The summed E-state index contributed by atoms with van der Waals surface area (Å²) in [5.74, 6) is 0.560. The molecule has 7 heteroatoms. The van der Waals surface area contributed by atoms with Crippen LogP contribution in [0.3, 0.4) is 0 Å². The van der Waals surface area contributed by atoms with Crippen LogP contribution in [0, 0.1) is 11.3 Å². The Hall–Kier alpha value is -2.15. The lowest BCUT2D eigenvalue weighted by atomic mass is 9.90. The summed E-state index contributed by atoms with van der Waals surface area (Å²) < 4.78 is 2.03. The van der Waals surface area contributed by atoms with E-state index in [9.17, 15) is 9.59 Å². The Balaban J connectivity index is 1.09. The lowest BCUT2D eigenvalue weighted by Gasteiger charge is -2.33. The predicted octanol–water partition coefficient (Wildman–Crippen LogP) is 3.27. The van der Waals surface area contributed by atoms with Gasteiger partial charge in [-0.15, -0.1) is 11.3 Å². The first kappa shape index (κ1) is 19.8. The van der Waals surface area contributed by atoms with E-state index in [2.05, 4.69) is 15.7 Å². The Kier molecular flexibility index (Phi) is 5.39. The molecule has 3 heterocycles. The smallest absolute Gasteiger partial charge is 0.264 e. The summed E-state index contributed by atoms with van der Waals surface area (Å²) in [4.78, 5) is 32.7. The third-order valence-electron chi connectivity index (χ3n) is 7.30. The summed E-state index contributed by atoms with van der Waals surface area (Å²) in [6.45, 7) is 3.16. The maximum absolute atomic E-state index is 13.1. The zero-order chi connectivity index (χ0) is 20.6. The van der Waals surface area contributed by atoms with Gasteiger partial charge in [0.05, 0.1) is 11.2 Å². The number of fused-ring (bicyclic) bond motifs is 1. The second-order valence-corrected chi connectivity index (χ2v) is 10.0. The van der Waals surface area contributed by atoms with Crippen molar-refractivity contribution >= 4 is 23.2 Å². The van der Waals surface area contributed by atoms with Crippen LogP contribution in [0.1, 0.15) is 59.3 Å². The van der Waals surface area contributed by atoms with Crippen molar-refractivity contribution in [3.63, 3.8) is 0 Å². The molecule has 2 aliphatic carbocycles. The predicted molar refractivity (Wildman–Crippen MR) is 116 cm³/mol. The molecule has 2 fully saturated rings. The molecule has 0 radical (unpaired) electrons. The number of carbonyl (C=O) groups excluding carboxylic acids is 2. The first-order chi connectivity index (χ1) is 14.7. The van der Waals surface area contributed by atoms with Crippen molar-refractivity contribution in [2.75, 3.05) is 19.6 Å². The second-order valence-electron chi connectivity index (χ2n) is 9.13. The fourth-order valence-corrected chi connectivity index (χ4v) is 6.41. The molecule has 1 atom stereocenters. The number of imidazole rings is 1. The maximum Gasteiger partial charge on any atom is 0.264 e. The molecule has 0 aromatic carbocycles. The molecule has 1 saturated carbocycles. The van der Waals surface area contributed by atoms with Crippen molar-refractivity contribution < 1.29 is 9.59 Å². The molecule has 1 N–H and O–H groups in total. The van der Waals surface area contributed by atoms with Gasteiger partial charge in [-0.2, -0.15) is 0 Å². The number of likely N-dealkylation sites (tertiary alicyclic amines) is 1. The fraction of sp³-hybridized carbons (Fsp3) is 0.609. The topological polar surface area (TPSA) is 67.2 Å². The molecular formula is C23H30N4O2S. The van der Waals surface area contributed by atoms with E-state index in [1.54, 1.807) is 23.9 Å². The molecular weight excluding hydrogens is 396 g/mol. The summed E-state index contributed by atoms with van der Waals surface area (Å²) >= 11 is 1.64. The van der Waals surface area contributed by atoms with Gasteiger partial charge in [-0.3, -0.25) is 9.59 Å². The van der Waals surface area contributed by atoms with Crippen LogP contribution in [0.2, 0.25) is 0 Å². The Morgan fingerprint density at radius 3 is 2.87 bits per heavy atom. The Morgan fingerprint density at radius 1 is 1.23 bits per heavy atom. The summed E-state index contributed by atoms with van der Waals surface area (Å²) in [7, 11) is 0. The van der Waals surface area contributed by atoms with Crippen LogP contribution in [0.4, 0.5) is 0 Å². The summed E-state index contributed by atoms with van der Waals surface area (Å²) in [5, 5.41) is 5.31. The highest BCUT2D eigenvalue weighted by molar-refractivity contribution is 7.12. The van der Waals surface area contributed by atoms with E-state index in [1.165, 1.54) is 24.0 Å². The molecule has 0 bridgehead atoms. The van der Waals surface area contributed by atoms with Crippen LogP contribution < -0.4 is 5.32 Å². The quantitative estimate of drug-likeness (QED) is 0.721. The molecule has 30 heavy (non-hydrogen) atoms. The third kappa shape index (κ3) is 3.80. The average molecular weight is 427 g/mol. The van der Waals surface area contributed by atoms with Gasteiger partial charge in [0.2, 0.25) is 5.91 Å². The van der Waals surface area contributed by atoms with Crippen molar-refractivity contribution in [2.45, 2.75) is 57.9 Å². The van der Waals surface area contributed by atoms with Gasteiger partial charge >= 0.3 is 0 Å². The Morgan fingerprint density at radius 2 is 2.07 bits per heavy atom. The van der Waals surface area contributed by atoms with Crippen molar-refractivity contribution in [3.05, 3.63) is 40.1 Å². The van der Waals surface area contributed by atoms with Crippen molar-refractivity contribution in [1.29, 1.82) is 0 Å². The lowest BCUT2D eigenvalue weighted by Crippen LogP contribution is -2.40. The number of carbonyl (C=O) groups is 2. The highest BCUT2D eigenvalue weighted by atomic mass is 32.1. The highest BCUT2D eigenvalue weighted by Crippen LogP contribution is 2.59. The summed E-state index contributed by atoms with van der Waals surface area (Å²) in [5.41, 5.74) is 2.85. The normalized spacial score (nSPS) is 22.0. The van der Waals surface area contributed by atoms with Crippen LogP contribution in [0.25, 0.3) is 0 Å². The number of rotatable bonds is 6. The molecule has 3 aliphatic rings. The van der Waals surface area contributed by atoms with Crippen molar-refractivity contribution in [2.24, 2.45) is 11.3 Å². The minimum Gasteiger partial charge on any atom is -0.356 e. The molecule has 6 nitrogen and oxygen atoms in total. The maximum atomic E-state index is 13.1. The minimum absolute atomic E-state index is 0.137. The first-order valence-corrected chi connectivity index (χ1v) is 12.2.